The first kappa shape index (κ1) is 15.1. The Bertz CT molecular complexity index is 500. The molecule has 0 fully saturated rings. The van der Waals surface area contributed by atoms with Crippen LogP contribution in [0.2, 0.25) is 0 Å². The minimum Gasteiger partial charge on any atom is -0.745 e. The maximum Gasteiger partial charge on any atom is 1.00 e. The van der Waals surface area contributed by atoms with Crippen molar-refractivity contribution in [2.75, 3.05) is 0 Å². The minimum atomic E-state index is -4.76. The van der Waals surface area contributed by atoms with E-state index in [1.807, 2.05) is 0 Å². The van der Waals surface area contributed by atoms with Crippen LogP contribution in [0.5, 0.6) is 0 Å². The number of benzene rings is 1. The molecule has 0 heterocycles. The first-order chi connectivity index (χ1) is 7.45. The monoisotopic (exact) mass is 264 g/mol. The molecule has 0 aliphatic heterocycles. The van der Waals surface area contributed by atoms with Gasteiger partial charge in [0, 0.05) is 5.56 Å². The molecule has 1 aliphatic carbocycles. The van der Waals surface area contributed by atoms with Crippen molar-refractivity contribution in [3.63, 3.8) is 0 Å². The summed E-state index contributed by atoms with van der Waals surface area (Å²) in [4.78, 5) is -2.25. The summed E-state index contributed by atoms with van der Waals surface area (Å²) in [6.45, 7) is 0. The van der Waals surface area contributed by atoms with Crippen LogP contribution in [0.1, 0.15) is 30.4 Å². The molecule has 1 atom stereocenters. The molecule has 1 N–H and O–H groups in total. The van der Waals surface area contributed by atoms with Gasteiger partial charge in [-0.1, -0.05) is 24.3 Å². The van der Waals surface area contributed by atoms with Crippen molar-refractivity contribution in [3.8, 4) is 0 Å². The molecule has 0 amide bonds. The van der Waals surface area contributed by atoms with E-state index in [0.29, 0.717) is 12.8 Å². The molecule has 1 aromatic carbocycles. The largest absolute Gasteiger partial charge is 1.00 e. The van der Waals surface area contributed by atoms with Gasteiger partial charge in [-0.3, -0.25) is 0 Å². The number of hydrogen-bond acceptors (Lipinski definition) is 4. The Hall–Kier alpha value is 0.0900. The zero-order chi connectivity index (χ0) is 11.8. The van der Waals surface area contributed by atoms with Crippen LogP contribution in [0.15, 0.2) is 24.3 Å². The zero-order valence-corrected chi connectivity index (χ0v) is 12.5. The van der Waals surface area contributed by atoms with Gasteiger partial charge in [0.1, 0.15) is 10.1 Å². The number of hydrogen-bond donors (Lipinski definition) is 1. The van der Waals surface area contributed by atoms with Gasteiger partial charge >= 0.3 is 29.6 Å². The van der Waals surface area contributed by atoms with Gasteiger partial charge in [0.2, 0.25) is 0 Å². The van der Waals surface area contributed by atoms with E-state index >= 15 is 0 Å². The topological polar surface area (TPSA) is 77.4 Å². The summed E-state index contributed by atoms with van der Waals surface area (Å²) in [6, 6.07) is 6.70. The van der Waals surface area contributed by atoms with Gasteiger partial charge in [-0.25, -0.2) is 8.42 Å². The summed E-state index contributed by atoms with van der Waals surface area (Å²) in [7, 11) is -4.76. The Balaban J connectivity index is 0.00000144. The van der Waals surface area contributed by atoms with Gasteiger partial charge in [0.15, 0.2) is 4.93 Å². The third kappa shape index (κ3) is 2.75. The molecule has 6 heteroatoms. The molecular formula is C11H13NaO4S. The molecule has 1 aromatic rings. The SMILES string of the molecule is O=S(=O)([O-])C1(O)CCCCc2ccccc21.[Na+]. The molecule has 0 saturated heterocycles. The number of rotatable bonds is 1. The summed E-state index contributed by atoms with van der Waals surface area (Å²) in [5.74, 6) is 0. The number of aliphatic hydroxyl groups is 1. The smallest absolute Gasteiger partial charge is 0.745 e. The molecular weight excluding hydrogens is 251 g/mol. The second kappa shape index (κ2) is 5.38. The summed E-state index contributed by atoms with van der Waals surface area (Å²) >= 11 is 0. The minimum absolute atomic E-state index is 0. The average molecular weight is 264 g/mol. The maximum atomic E-state index is 11.2. The Morgan fingerprint density at radius 3 is 2.53 bits per heavy atom. The van der Waals surface area contributed by atoms with Crippen LogP contribution in [0.3, 0.4) is 0 Å². The van der Waals surface area contributed by atoms with Crippen molar-refractivity contribution >= 4 is 10.1 Å². The molecule has 4 nitrogen and oxygen atoms in total. The van der Waals surface area contributed by atoms with E-state index in [4.69, 9.17) is 0 Å². The predicted octanol–water partition coefficient (Wildman–Crippen LogP) is -1.89. The van der Waals surface area contributed by atoms with Crippen LogP contribution in [-0.4, -0.2) is 18.1 Å². The summed E-state index contributed by atoms with van der Waals surface area (Å²) in [6.07, 6.45) is 2.01. The Labute approximate surface area is 123 Å². The Morgan fingerprint density at radius 2 is 1.88 bits per heavy atom. The van der Waals surface area contributed by atoms with Gasteiger partial charge in [-0.05, 0) is 31.2 Å². The fourth-order valence-corrected chi connectivity index (χ4v) is 3.06. The third-order valence-electron chi connectivity index (χ3n) is 3.06. The molecule has 0 aromatic heterocycles. The van der Waals surface area contributed by atoms with Crippen molar-refractivity contribution in [1.82, 2.24) is 0 Å². The molecule has 0 spiro atoms. The van der Waals surface area contributed by atoms with Crippen molar-refractivity contribution in [2.45, 2.75) is 30.6 Å². The fraction of sp³-hybridized carbons (Fsp3) is 0.455. The van der Waals surface area contributed by atoms with Gasteiger partial charge in [0.25, 0.3) is 0 Å². The van der Waals surface area contributed by atoms with Crippen molar-refractivity contribution < 1.29 is 47.6 Å². The van der Waals surface area contributed by atoms with E-state index in [1.165, 1.54) is 6.07 Å². The molecule has 1 aliphatic rings. The molecule has 0 bridgehead atoms. The van der Waals surface area contributed by atoms with Crippen molar-refractivity contribution in [2.24, 2.45) is 0 Å². The molecule has 0 radical (unpaired) electrons. The second-order valence-corrected chi connectivity index (χ2v) is 5.69. The molecule has 1 unspecified atom stereocenters. The first-order valence-electron chi connectivity index (χ1n) is 5.21. The number of fused-ring (bicyclic) bond motifs is 1. The van der Waals surface area contributed by atoms with Crippen LogP contribution >= 0.6 is 0 Å². The van der Waals surface area contributed by atoms with Crippen LogP contribution in [-0.2, 0) is 21.5 Å². The van der Waals surface area contributed by atoms with Crippen molar-refractivity contribution in [3.05, 3.63) is 35.4 Å². The second-order valence-electron chi connectivity index (χ2n) is 4.10. The van der Waals surface area contributed by atoms with Gasteiger partial charge in [0.05, 0.1) is 0 Å². The Kier molecular flexibility index (Phi) is 4.80. The normalized spacial score (nSPS) is 24.4. The van der Waals surface area contributed by atoms with Crippen LogP contribution < -0.4 is 29.6 Å². The first-order valence-corrected chi connectivity index (χ1v) is 6.62. The maximum absolute atomic E-state index is 11.2. The molecule has 2 rings (SSSR count). The van der Waals surface area contributed by atoms with E-state index in [0.717, 1.165) is 12.0 Å². The van der Waals surface area contributed by atoms with E-state index in [2.05, 4.69) is 0 Å². The number of aryl methyl sites for hydroxylation is 1. The summed E-state index contributed by atoms with van der Waals surface area (Å²) in [5.41, 5.74) is 1.00. The third-order valence-corrected chi connectivity index (χ3v) is 4.31. The summed E-state index contributed by atoms with van der Waals surface area (Å²) in [5, 5.41) is 10.1. The van der Waals surface area contributed by atoms with E-state index < -0.39 is 15.1 Å². The van der Waals surface area contributed by atoms with Gasteiger partial charge in [-0.15, -0.1) is 0 Å². The van der Waals surface area contributed by atoms with E-state index in [9.17, 15) is 18.1 Å². The van der Waals surface area contributed by atoms with Crippen LogP contribution in [0, 0.1) is 0 Å². The molecule has 17 heavy (non-hydrogen) atoms. The van der Waals surface area contributed by atoms with Gasteiger partial charge < -0.3 is 9.66 Å². The zero-order valence-electron chi connectivity index (χ0n) is 9.72. The van der Waals surface area contributed by atoms with E-state index in [1.54, 1.807) is 18.2 Å². The summed E-state index contributed by atoms with van der Waals surface area (Å²) < 4.78 is 33.7. The van der Waals surface area contributed by atoms with Crippen LogP contribution in [0.25, 0.3) is 0 Å². The Morgan fingerprint density at radius 1 is 1.24 bits per heavy atom. The average Bonchev–Trinajstić information content (AvgIpc) is 2.39. The van der Waals surface area contributed by atoms with Crippen molar-refractivity contribution in [1.29, 1.82) is 0 Å². The predicted molar refractivity (Wildman–Crippen MR) is 57.6 cm³/mol. The molecule has 0 saturated carbocycles. The van der Waals surface area contributed by atoms with E-state index in [-0.39, 0.29) is 41.5 Å². The quantitative estimate of drug-likeness (QED) is 0.365. The fourth-order valence-electron chi connectivity index (χ4n) is 2.19. The van der Waals surface area contributed by atoms with Crippen LogP contribution in [0.4, 0.5) is 0 Å². The molecule has 88 valence electrons. The standard InChI is InChI=1S/C11H14O4S.Na/c12-11(16(13,14)15)8-4-3-6-9-5-1-2-7-10(9)11;/h1-2,5,7,12H,3-4,6,8H2,(H,13,14,15);/q;+1/p-1. The van der Waals surface area contributed by atoms with Gasteiger partial charge in [-0.2, -0.15) is 0 Å².